The van der Waals surface area contributed by atoms with E-state index in [1.807, 2.05) is 0 Å². The Bertz CT molecular complexity index is 1790. The monoisotopic (exact) mass is 757 g/mol. The number of rotatable bonds is 11. The van der Waals surface area contributed by atoms with E-state index >= 15 is 0 Å². The quantitative estimate of drug-likeness (QED) is 0.134. The standard InChI is InChI=1S/2C17H23.C12H11Si.2CH3.Zr/c2*1-6-13-7-15-9-14(11(2)3)10-16(12(4)5)17(15)8-13;1-3-7-11(8-4-1)13-12-9-5-2-6-10-12;;;/h2*7-12H,6H2,1-5H3;1-10,13H;2*1H3;. The van der Waals surface area contributed by atoms with Crippen LogP contribution in [0, 0.1) is 0 Å². The molecule has 0 heterocycles. The average molecular weight is 759 g/mol. The minimum atomic E-state index is -4.35. The Morgan fingerprint density at radius 2 is 0.880 bits per heavy atom. The number of allylic oxidation sites excluding steroid dienone is 2. The van der Waals surface area contributed by atoms with E-state index < -0.39 is 23.9 Å². The fourth-order valence-corrected chi connectivity index (χ4v) is 56.9. The van der Waals surface area contributed by atoms with Gasteiger partial charge in [-0.3, -0.25) is 0 Å². The Kier molecular flexibility index (Phi) is 10.5. The molecule has 0 aliphatic heterocycles. The van der Waals surface area contributed by atoms with Crippen LogP contribution in [0.25, 0.3) is 12.2 Å². The summed E-state index contributed by atoms with van der Waals surface area (Å²) in [5.41, 5.74) is 16.0. The van der Waals surface area contributed by atoms with Gasteiger partial charge in [0.05, 0.1) is 0 Å². The van der Waals surface area contributed by atoms with Gasteiger partial charge < -0.3 is 0 Å². The summed E-state index contributed by atoms with van der Waals surface area (Å²) < 4.78 is 6.94. The van der Waals surface area contributed by atoms with Crippen LogP contribution in [0.3, 0.4) is 0 Å². The molecule has 2 aliphatic rings. The van der Waals surface area contributed by atoms with Gasteiger partial charge in [-0.15, -0.1) is 0 Å². The zero-order chi connectivity index (χ0) is 36.1. The van der Waals surface area contributed by atoms with Gasteiger partial charge in [-0.05, 0) is 0 Å². The van der Waals surface area contributed by atoms with E-state index in [0.29, 0.717) is 30.9 Å². The second-order valence-corrected chi connectivity index (χ2v) is 51.3. The van der Waals surface area contributed by atoms with Gasteiger partial charge in [0, 0.05) is 0 Å². The molecule has 2 aliphatic carbocycles. The van der Waals surface area contributed by atoms with Crippen molar-refractivity contribution in [3.63, 3.8) is 0 Å². The molecule has 0 N–H and O–H groups in total. The van der Waals surface area contributed by atoms with E-state index in [0.717, 1.165) is 12.8 Å². The zero-order valence-corrected chi connectivity index (χ0v) is 36.8. The van der Waals surface area contributed by atoms with Gasteiger partial charge in [-0.25, -0.2) is 0 Å². The molecule has 4 aromatic carbocycles. The van der Waals surface area contributed by atoms with E-state index in [9.17, 15) is 0 Å². The SMILES string of the molecule is CCC1=Cc2c(C(C)C)cc(C(C)C)cc2[CH]1[Zr]([CH3])([CH3])([CH]1C(CC)=Cc2c(C(C)C)cc(C(C)C)cc21)[SiH](c1ccccc1)c1ccccc1. The van der Waals surface area contributed by atoms with Gasteiger partial charge >= 0.3 is 309 Å². The third-order valence-electron chi connectivity index (χ3n) is 12.9. The molecule has 263 valence electrons. The molecule has 6 rings (SSSR count). The molecule has 0 bridgehead atoms. The van der Waals surface area contributed by atoms with Crippen molar-refractivity contribution < 1.29 is 17.9 Å². The van der Waals surface area contributed by atoms with Gasteiger partial charge in [-0.1, -0.05) is 0 Å². The van der Waals surface area contributed by atoms with Crippen LogP contribution >= 0.6 is 0 Å². The molecular formula is C48H63SiZr. The molecule has 2 unspecified atom stereocenters. The molecular weight excluding hydrogens is 696 g/mol. The average Bonchev–Trinajstić information content (AvgIpc) is 3.68. The van der Waals surface area contributed by atoms with Crippen molar-refractivity contribution in [1.82, 2.24) is 0 Å². The van der Waals surface area contributed by atoms with Crippen LogP contribution in [-0.4, -0.2) is 5.92 Å². The van der Waals surface area contributed by atoms with Crippen molar-refractivity contribution in [2.24, 2.45) is 0 Å². The molecule has 0 saturated heterocycles. The normalized spacial score (nSPS) is 18.1. The number of hydrogen-bond donors (Lipinski definition) is 0. The van der Waals surface area contributed by atoms with Crippen molar-refractivity contribution in [1.29, 1.82) is 0 Å². The van der Waals surface area contributed by atoms with E-state index in [1.54, 1.807) is 54.9 Å². The molecule has 0 fully saturated rings. The van der Waals surface area contributed by atoms with Gasteiger partial charge in [0.1, 0.15) is 0 Å². The Labute approximate surface area is 307 Å². The summed E-state index contributed by atoms with van der Waals surface area (Å²) in [4.78, 5) is 0. The predicted molar refractivity (Wildman–Crippen MR) is 222 cm³/mol. The van der Waals surface area contributed by atoms with E-state index in [1.165, 1.54) is 11.1 Å². The molecule has 50 heavy (non-hydrogen) atoms. The third kappa shape index (κ3) is 6.09. The Hall–Kier alpha value is -2.54. The van der Waals surface area contributed by atoms with Gasteiger partial charge in [-0.2, -0.15) is 0 Å². The van der Waals surface area contributed by atoms with Crippen LogP contribution in [0.4, 0.5) is 0 Å². The van der Waals surface area contributed by atoms with Gasteiger partial charge in [0.15, 0.2) is 0 Å². The number of fused-ring (bicyclic) bond motifs is 2. The Balaban J connectivity index is 1.82. The van der Waals surface area contributed by atoms with Crippen LogP contribution in [-0.2, 0) is 17.9 Å². The summed E-state index contributed by atoms with van der Waals surface area (Å²) in [6, 6.07) is 34.4. The maximum atomic E-state index is 2.99. The summed E-state index contributed by atoms with van der Waals surface area (Å²) >= 11 is -4.35. The zero-order valence-electron chi connectivity index (χ0n) is 33.2. The van der Waals surface area contributed by atoms with Gasteiger partial charge in [0.2, 0.25) is 0 Å². The summed E-state index contributed by atoms with van der Waals surface area (Å²) in [7, 11) is 0. The second kappa shape index (κ2) is 14.1. The molecule has 4 aromatic rings. The molecule has 2 heteroatoms. The molecule has 2 atom stereocenters. The van der Waals surface area contributed by atoms with Crippen LogP contribution in [0.2, 0.25) is 9.26 Å². The number of hydrogen-bond acceptors (Lipinski definition) is 0. The van der Waals surface area contributed by atoms with Crippen molar-refractivity contribution in [3.05, 3.63) is 141 Å². The first-order valence-corrected chi connectivity index (χ1v) is 33.5. The van der Waals surface area contributed by atoms with Crippen molar-refractivity contribution >= 4 is 28.4 Å². The fourth-order valence-electron chi connectivity index (χ4n) is 10.6. The first-order valence-electron chi connectivity index (χ1n) is 19.8. The van der Waals surface area contributed by atoms with Crippen LogP contribution in [0.15, 0.2) is 96.1 Å². The van der Waals surface area contributed by atoms with Crippen molar-refractivity contribution in [2.75, 3.05) is 0 Å². The van der Waals surface area contributed by atoms with Crippen molar-refractivity contribution in [3.8, 4) is 0 Å². The van der Waals surface area contributed by atoms with E-state index in [2.05, 4.69) is 176 Å². The summed E-state index contributed by atoms with van der Waals surface area (Å²) in [6.45, 7) is 24.1. The Morgan fingerprint density at radius 1 is 0.520 bits per heavy atom. The summed E-state index contributed by atoms with van der Waals surface area (Å²) in [5, 5.41) is 3.27. The molecule has 0 aromatic heterocycles. The molecule has 0 saturated carbocycles. The third-order valence-corrected chi connectivity index (χ3v) is 51.5. The van der Waals surface area contributed by atoms with Crippen LogP contribution in [0.1, 0.15) is 158 Å². The fraction of sp³-hybridized carbons (Fsp3) is 0.417. The topological polar surface area (TPSA) is 0 Å². The molecule has 0 radical (unpaired) electrons. The first kappa shape index (κ1) is 37.2. The number of benzene rings is 4. The predicted octanol–water partition coefficient (Wildman–Crippen LogP) is 12.9. The molecule has 0 nitrogen and oxygen atoms in total. The van der Waals surface area contributed by atoms with E-state index in [4.69, 9.17) is 0 Å². The van der Waals surface area contributed by atoms with Gasteiger partial charge in [0.25, 0.3) is 0 Å². The van der Waals surface area contributed by atoms with Crippen molar-refractivity contribution in [2.45, 2.75) is 122 Å². The first-order chi connectivity index (χ1) is 23.7. The maximum absolute atomic E-state index is 4.35. The van der Waals surface area contributed by atoms with Crippen LogP contribution < -0.4 is 10.4 Å². The summed E-state index contributed by atoms with van der Waals surface area (Å²) in [6.07, 6.45) is 7.63. The Morgan fingerprint density at radius 3 is 1.18 bits per heavy atom. The second-order valence-electron chi connectivity index (χ2n) is 17.8. The van der Waals surface area contributed by atoms with E-state index in [-0.39, 0.29) is 0 Å². The van der Waals surface area contributed by atoms with Crippen LogP contribution in [0.5, 0.6) is 0 Å². The summed E-state index contributed by atoms with van der Waals surface area (Å²) in [5.74, 6) is 0.109. The minimum absolute atomic E-state index is 0.487. The molecule has 0 amide bonds. The molecule has 0 spiro atoms.